The van der Waals surface area contributed by atoms with Crippen molar-refractivity contribution in [3.05, 3.63) is 24.8 Å². The molecule has 0 fully saturated rings. The molecule has 1 heterocycles. The van der Waals surface area contributed by atoms with Gasteiger partial charge in [-0.15, -0.1) is 0 Å². The van der Waals surface area contributed by atoms with Gasteiger partial charge in [0, 0.05) is 24.8 Å². The third-order valence-electron chi connectivity index (χ3n) is 0.742. The minimum absolute atomic E-state index is 0.139. The number of nitrogens with zero attached hydrogens (tertiary/aromatic N) is 2. The standard InChI is InChI=1S/C4H4N2.C3H8O2/c1-2-6-4-3-5-1;1-3(5)2-4/h1-4H;3-5H,2H2,1H3. The van der Waals surface area contributed by atoms with E-state index in [0.29, 0.717) is 0 Å². The van der Waals surface area contributed by atoms with Crippen LogP contribution in [0.3, 0.4) is 0 Å². The summed E-state index contributed by atoms with van der Waals surface area (Å²) in [5.41, 5.74) is 0. The molecule has 0 saturated heterocycles. The van der Waals surface area contributed by atoms with Crippen LogP contribution in [0.1, 0.15) is 6.92 Å². The molecule has 4 nitrogen and oxygen atoms in total. The lowest BCUT2D eigenvalue weighted by atomic mass is 10.5. The van der Waals surface area contributed by atoms with E-state index in [2.05, 4.69) is 9.97 Å². The highest BCUT2D eigenvalue weighted by Gasteiger charge is 1.83. The van der Waals surface area contributed by atoms with Crippen LogP contribution in [0.25, 0.3) is 0 Å². The van der Waals surface area contributed by atoms with E-state index in [-0.39, 0.29) is 6.61 Å². The summed E-state index contributed by atoms with van der Waals surface area (Å²) in [6.07, 6.45) is 6.00. The monoisotopic (exact) mass is 156 g/mol. The van der Waals surface area contributed by atoms with Gasteiger partial charge >= 0.3 is 0 Å². The normalized spacial score (nSPS) is 11.2. The van der Waals surface area contributed by atoms with Gasteiger partial charge in [0.15, 0.2) is 0 Å². The van der Waals surface area contributed by atoms with Crippen LogP contribution < -0.4 is 0 Å². The number of aromatic nitrogens is 2. The summed E-state index contributed by atoms with van der Waals surface area (Å²) in [7, 11) is 0. The van der Waals surface area contributed by atoms with Crippen molar-refractivity contribution in [3.63, 3.8) is 0 Å². The number of aliphatic hydroxyl groups excluding tert-OH is 2. The lowest BCUT2D eigenvalue weighted by Crippen LogP contribution is -2.03. The van der Waals surface area contributed by atoms with Crippen molar-refractivity contribution in [2.24, 2.45) is 0 Å². The average molecular weight is 156 g/mol. The van der Waals surface area contributed by atoms with Crippen LogP contribution in [0.15, 0.2) is 24.8 Å². The molecule has 0 radical (unpaired) electrons. The summed E-state index contributed by atoms with van der Waals surface area (Å²) in [6.45, 7) is 1.39. The molecule has 0 bridgehead atoms. The smallest absolute Gasteiger partial charge is 0.0742 e. The summed E-state index contributed by atoms with van der Waals surface area (Å²) in [5.74, 6) is 0. The molecule has 62 valence electrons. The van der Waals surface area contributed by atoms with Crippen molar-refractivity contribution < 1.29 is 10.2 Å². The van der Waals surface area contributed by atoms with E-state index in [1.54, 1.807) is 24.8 Å². The molecule has 0 amide bonds. The van der Waals surface area contributed by atoms with Gasteiger partial charge in [0.1, 0.15) is 0 Å². The molecule has 0 aromatic carbocycles. The fourth-order valence-corrected chi connectivity index (χ4v) is 0.253. The Kier molecular flexibility index (Phi) is 6.46. The Morgan fingerprint density at radius 2 is 1.45 bits per heavy atom. The van der Waals surface area contributed by atoms with Crippen LogP contribution in [0, 0.1) is 0 Å². The van der Waals surface area contributed by atoms with Gasteiger partial charge in [0.2, 0.25) is 0 Å². The molecule has 4 heteroatoms. The number of rotatable bonds is 1. The fourth-order valence-electron chi connectivity index (χ4n) is 0.253. The largest absolute Gasteiger partial charge is 0.394 e. The first kappa shape index (κ1) is 10.0. The zero-order valence-corrected chi connectivity index (χ0v) is 6.38. The Hall–Kier alpha value is -1.00. The Morgan fingerprint density at radius 1 is 1.18 bits per heavy atom. The quantitative estimate of drug-likeness (QED) is 0.592. The van der Waals surface area contributed by atoms with E-state index >= 15 is 0 Å². The van der Waals surface area contributed by atoms with E-state index in [1.165, 1.54) is 6.92 Å². The second-order valence-corrected chi connectivity index (χ2v) is 1.93. The molecule has 11 heavy (non-hydrogen) atoms. The predicted molar refractivity (Wildman–Crippen MR) is 40.8 cm³/mol. The molecule has 1 unspecified atom stereocenters. The van der Waals surface area contributed by atoms with E-state index in [9.17, 15) is 0 Å². The van der Waals surface area contributed by atoms with Crippen molar-refractivity contribution in [1.82, 2.24) is 9.97 Å². The summed E-state index contributed by atoms with van der Waals surface area (Å²) in [5, 5.41) is 16.0. The molecule has 0 aliphatic heterocycles. The van der Waals surface area contributed by atoms with Crippen LogP contribution in [0.4, 0.5) is 0 Å². The topological polar surface area (TPSA) is 66.2 Å². The lowest BCUT2D eigenvalue weighted by molar-refractivity contribution is 0.110. The Morgan fingerprint density at radius 3 is 1.55 bits per heavy atom. The Bertz CT molecular complexity index is 129. The Labute approximate surface area is 65.6 Å². The third-order valence-corrected chi connectivity index (χ3v) is 0.742. The van der Waals surface area contributed by atoms with Crippen molar-refractivity contribution in [1.29, 1.82) is 0 Å². The number of hydrogen-bond donors (Lipinski definition) is 2. The van der Waals surface area contributed by atoms with Crippen molar-refractivity contribution in [2.75, 3.05) is 6.61 Å². The maximum absolute atomic E-state index is 8.11. The Balaban J connectivity index is 0.000000187. The zero-order chi connectivity index (χ0) is 8.53. The summed E-state index contributed by atoms with van der Waals surface area (Å²) in [4.78, 5) is 7.44. The second kappa shape index (κ2) is 7.11. The highest BCUT2D eigenvalue weighted by Crippen LogP contribution is 1.68. The minimum Gasteiger partial charge on any atom is -0.394 e. The SMILES string of the molecule is CC(O)CO.c1cnccn1. The third kappa shape index (κ3) is 9.00. The number of hydrogen-bond acceptors (Lipinski definition) is 4. The van der Waals surface area contributed by atoms with Crippen molar-refractivity contribution >= 4 is 0 Å². The predicted octanol–water partition coefficient (Wildman–Crippen LogP) is -0.164. The molecular formula is C7H12N2O2. The van der Waals surface area contributed by atoms with E-state index < -0.39 is 6.10 Å². The zero-order valence-electron chi connectivity index (χ0n) is 6.38. The van der Waals surface area contributed by atoms with Gasteiger partial charge in [-0.1, -0.05) is 0 Å². The molecule has 0 aliphatic rings. The first-order valence-corrected chi connectivity index (χ1v) is 3.26. The summed E-state index contributed by atoms with van der Waals surface area (Å²) < 4.78 is 0. The molecule has 0 spiro atoms. The van der Waals surface area contributed by atoms with Gasteiger partial charge in [-0.3, -0.25) is 9.97 Å². The molecular weight excluding hydrogens is 144 g/mol. The van der Waals surface area contributed by atoms with Gasteiger partial charge in [0.25, 0.3) is 0 Å². The summed E-state index contributed by atoms with van der Waals surface area (Å²) in [6, 6.07) is 0. The number of aliphatic hydroxyl groups is 2. The van der Waals surface area contributed by atoms with Gasteiger partial charge in [0.05, 0.1) is 12.7 Å². The molecule has 1 rings (SSSR count). The molecule has 0 saturated carbocycles. The average Bonchev–Trinajstić information content (AvgIpc) is 2.09. The van der Waals surface area contributed by atoms with Gasteiger partial charge in [-0.25, -0.2) is 0 Å². The minimum atomic E-state index is -0.560. The van der Waals surface area contributed by atoms with E-state index in [4.69, 9.17) is 10.2 Å². The van der Waals surface area contributed by atoms with Crippen LogP contribution in [0.5, 0.6) is 0 Å². The van der Waals surface area contributed by atoms with E-state index in [0.717, 1.165) is 0 Å². The first-order valence-electron chi connectivity index (χ1n) is 3.26. The lowest BCUT2D eigenvalue weighted by Gasteiger charge is -1.90. The van der Waals surface area contributed by atoms with Crippen molar-refractivity contribution in [2.45, 2.75) is 13.0 Å². The van der Waals surface area contributed by atoms with Gasteiger partial charge in [-0.05, 0) is 6.92 Å². The maximum atomic E-state index is 8.11. The van der Waals surface area contributed by atoms with Gasteiger partial charge < -0.3 is 10.2 Å². The van der Waals surface area contributed by atoms with Crippen LogP contribution in [-0.4, -0.2) is 32.9 Å². The fraction of sp³-hybridized carbons (Fsp3) is 0.429. The van der Waals surface area contributed by atoms with Crippen LogP contribution in [0.2, 0.25) is 0 Å². The summed E-state index contributed by atoms with van der Waals surface area (Å²) >= 11 is 0. The van der Waals surface area contributed by atoms with E-state index in [1.807, 2.05) is 0 Å². The highest BCUT2D eigenvalue weighted by atomic mass is 16.3. The second-order valence-electron chi connectivity index (χ2n) is 1.93. The highest BCUT2D eigenvalue weighted by molar-refractivity contribution is 4.70. The van der Waals surface area contributed by atoms with Crippen LogP contribution >= 0.6 is 0 Å². The molecule has 2 N–H and O–H groups in total. The molecule has 1 atom stereocenters. The molecule has 1 aromatic heterocycles. The molecule has 1 aromatic rings. The maximum Gasteiger partial charge on any atom is 0.0742 e. The van der Waals surface area contributed by atoms with Crippen LogP contribution in [-0.2, 0) is 0 Å². The van der Waals surface area contributed by atoms with Crippen molar-refractivity contribution in [3.8, 4) is 0 Å². The first-order chi connectivity index (χ1) is 5.27. The molecule has 0 aliphatic carbocycles. The van der Waals surface area contributed by atoms with Gasteiger partial charge in [-0.2, -0.15) is 0 Å².